The Morgan fingerprint density at radius 2 is 2.18 bits per heavy atom. The van der Waals surface area contributed by atoms with Gasteiger partial charge in [0.2, 0.25) is 0 Å². The zero-order chi connectivity index (χ0) is 12.0. The van der Waals surface area contributed by atoms with Crippen LogP contribution >= 0.6 is 11.3 Å². The van der Waals surface area contributed by atoms with E-state index in [0.717, 1.165) is 4.88 Å². The molecule has 0 spiro atoms. The first-order chi connectivity index (χ1) is 8.16. The normalized spacial score (nSPS) is 11.1. The summed E-state index contributed by atoms with van der Waals surface area (Å²) >= 11 is 1.51. The van der Waals surface area contributed by atoms with Crippen molar-refractivity contribution in [2.24, 2.45) is 7.05 Å². The van der Waals surface area contributed by atoms with Gasteiger partial charge in [-0.3, -0.25) is 14.3 Å². The number of nitrogens with one attached hydrogen (secondary N) is 2. The Labute approximate surface area is 98.6 Å². The largest absolute Gasteiger partial charge is 0.331 e. The van der Waals surface area contributed by atoms with Crippen molar-refractivity contribution in [3.05, 3.63) is 38.4 Å². The summed E-state index contributed by atoms with van der Waals surface area (Å²) in [6.07, 6.45) is 0. The molecule has 0 aliphatic heterocycles. The van der Waals surface area contributed by atoms with Crippen LogP contribution in [0.1, 0.15) is 0 Å². The van der Waals surface area contributed by atoms with Crippen LogP contribution < -0.4 is 11.2 Å². The zero-order valence-electron chi connectivity index (χ0n) is 8.85. The standard InChI is InChI=1S/C10H8N4O2S/c1-14-8-6(9(15)13-10(14)16)11-7(12-8)5-3-2-4-17-5/h2-4H,1H3,(H,11,12)(H,13,15,16). The predicted octanol–water partition coefficient (Wildman–Crippen LogP) is 0.678. The molecule has 3 aromatic heterocycles. The van der Waals surface area contributed by atoms with Crippen LogP contribution in [-0.4, -0.2) is 19.5 Å². The van der Waals surface area contributed by atoms with E-state index in [0.29, 0.717) is 17.0 Å². The maximum Gasteiger partial charge on any atom is 0.329 e. The molecule has 17 heavy (non-hydrogen) atoms. The van der Waals surface area contributed by atoms with Gasteiger partial charge < -0.3 is 4.98 Å². The van der Waals surface area contributed by atoms with Gasteiger partial charge in [0.15, 0.2) is 11.5 Å². The van der Waals surface area contributed by atoms with Crippen LogP contribution in [0.4, 0.5) is 0 Å². The highest BCUT2D eigenvalue weighted by molar-refractivity contribution is 7.13. The number of hydrogen-bond donors (Lipinski definition) is 2. The van der Waals surface area contributed by atoms with Gasteiger partial charge >= 0.3 is 5.69 Å². The van der Waals surface area contributed by atoms with Crippen molar-refractivity contribution in [1.29, 1.82) is 0 Å². The highest BCUT2D eigenvalue weighted by Crippen LogP contribution is 2.22. The van der Waals surface area contributed by atoms with E-state index in [1.165, 1.54) is 15.9 Å². The van der Waals surface area contributed by atoms with Gasteiger partial charge in [-0.15, -0.1) is 11.3 Å². The fraction of sp³-hybridized carbons (Fsp3) is 0.100. The van der Waals surface area contributed by atoms with Crippen LogP contribution in [-0.2, 0) is 7.05 Å². The van der Waals surface area contributed by atoms with E-state index in [1.807, 2.05) is 17.5 Å². The van der Waals surface area contributed by atoms with Crippen LogP contribution in [0.2, 0.25) is 0 Å². The fourth-order valence-electron chi connectivity index (χ4n) is 1.63. The SMILES string of the molecule is Cn1c(=O)[nH]c(=O)c2[nH]c(-c3cccs3)nc21. The van der Waals surface area contributed by atoms with E-state index in [1.54, 1.807) is 7.05 Å². The molecule has 3 rings (SSSR count). The molecular weight excluding hydrogens is 240 g/mol. The lowest BCUT2D eigenvalue weighted by Gasteiger charge is -1.94. The molecule has 0 saturated heterocycles. The van der Waals surface area contributed by atoms with E-state index in [2.05, 4.69) is 15.0 Å². The molecule has 0 aliphatic carbocycles. The quantitative estimate of drug-likeness (QED) is 0.664. The Bertz CT molecular complexity index is 794. The number of H-pyrrole nitrogens is 2. The summed E-state index contributed by atoms with van der Waals surface area (Å²) in [4.78, 5) is 33.4. The van der Waals surface area contributed by atoms with Gasteiger partial charge in [-0.2, -0.15) is 0 Å². The number of imidazole rings is 1. The van der Waals surface area contributed by atoms with E-state index >= 15 is 0 Å². The van der Waals surface area contributed by atoms with Crippen molar-refractivity contribution in [2.45, 2.75) is 0 Å². The average molecular weight is 248 g/mol. The van der Waals surface area contributed by atoms with Gasteiger partial charge in [-0.1, -0.05) is 6.07 Å². The van der Waals surface area contributed by atoms with Crippen molar-refractivity contribution in [3.8, 4) is 10.7 Å². The van der Waals surface area contributed by atoms with Crippen LogP contribution in [0.3, 0.4) is 0 Å². The van der Waals surface area contributed by atoms with Crippen LogP contribution in [0.5, 0.6) is 0 Å². The van der Waals surface area contributed by atoms with Crippen LogP contribution in [0.15, 0.2) is 27.1 Å². The predicted molar refractivity (Wildman–Crippen MR) is 65.3 cm³/mol. The molecule has 0 unspecified atom stereocenters. The molecule has 0 atom stereocenters. The maximum atomic E-state index is 11.6. The Morgan fingerprint density at radius 3 is 2.88 bits per heavy atom. The van der Waals surface area contributed by atoms with Gasteiger partial charge in [-0.25, -0.2) is 9.78 Å². The third-order valence-corrected chi connectivity index (χ3v) is 3.39. The van der Waals surface area contributed by atoms with Gasteiger partial charge in [0.1, 0.15) is 5.52 Å². The second kappa shape index (κ2) is 3.42. The van der Waals surface area contributed by atoms with Crippen molar-refractivity contribution in [1.82, 2.24) is 19.5 Å². The fourth-order valence-corrected chi connectivity index (χ4v) is 2.30. The number of rotatable bonds is 1. The van der Waals surface area contributed by atoms with Crippen LogP contribution in [0.25, 0.3) is 21.9 Å². The molecule has 3 heterocycles. The highest BCUT2D eigenvalue weighted by atomic mass is 32.1. The smallest absolute Gasteiger partial charge is 0.329 e. The third kappa shape index (κ3) is 1.43. The molecule has 7 heteroatoms. The number of hydrogen-bond acceptors (Lipinski definition) is 4. The minimum absolute atomic E-state index is 0.315. The average Bonchev–Trinajstić information content (AvgIpc) is 2.94. The van der Waals surface area contributed by atoms with E-state index in [-0.39, 0.29) is 0 Å². The second-order valence-electron chi connectivity index (χ2n) is 3.58. The summed E-state index contributed by atoms with van der Waals surface area (Å²) in [7, 11) is 1.57. The van der Waals surface area contributed by atoms with Crippen LogP contribution in [0, 0.1) is 0 Å². The molecule has 0 aliphatic rings. The van der Waals surface area contributed by atoms with Crippen molar-refractivity contribution >= 4 is 22.5 Å². The number of thiophene rings is 1. The van der Waals surface area contributed by atoms with Crippen molar-refractivity contribution < 1.29 is 0 Å². The number of aromatic amines is 2. The van der Waals surface area contributed by atoms with Crippen molar-refractivity contribution in [2.75, 3.05) is 0 Å². The number of fused-ring (bicyclic) bond motifs is 1. The molecule has 0 bridgehead atoms. The molecular formula is C10H8N4O2S. The topological polar surface area (TPSA) is 83.5 Å². The number of aromatic nitrogens is 4. The minimum atomic E-state index is -0.466. The van der Waals surface area contributed by atoms with Crippen molar-refractivity contribution in [3.63, 3.8) is 0 Å². The first-order valence-corrected chi connectivity index (χ1v) is 5.77. The van der Waals surface area contributed by atoms with E-state index in [9.17, 15) is 9.59 Å². The minimum Gasteiger partial charge on any atom is -0.331 e. The molecule has 3 aromatic rings. The molecule has 86 valence electrons. The highest BCUT2D eigenvalue weighted by Gasteiger charge is 2.11. The molecule has 0 radical (unpaired) electrons. The lowest BCUT2D eigenvalue weighted by Crippen LogP contribution is -2.28. The maximum absolute atomic E-state index is 11.6. The Kier molecular flexibility index (Phi) is 2.02. The lowest BCUT2D eigenvalue weighted by atomic mass is 10.4. The molecule has 0 fully saturated rings. The van der Waals surface area contributed by atoms with E-state index in [4.69, 9.17) is 0 Å². The summed E-state index contributed by atoms with van der Waals surface area (Å²) in [5, 5.41) is 1.92. The summed E-state index contributed by atoms with van der Waals surface area (Å²) in [5.74, 6) is 0.599. The molecule has 0 aromatic carbocycles. The first kappa shape index (κ1) is 10.0. The lowest BCUT2D eigenvalue weighted by molar-refractivity contribution is 0.832. The van der Waals surface area contributed by atoms with Gasteiger partial charge in [-0.05, 0) is 11.4 Å². The summed E-state index contributed by atoms with van der Waals surface area (Å²) in [5.41, 5.74) is -0.234. The van der Waals surface area contributed by atoms with E-state index < -0.39 is 11.2 Å². The molecule has 2 N–H and O–H groups in total. The Balaban J connectivity index is 2.41. The second-order valence-corrected chi connectivity index (χ2v) is 4.53. The summed E-state index contributed by atoms with van der Waals surface area (Å²) in [6.45, 7) is 0. The van der Waals surface area contributed by atoms with Gasteiger partial charge in [0, 0.05) is 7.05 Å². The Hall–Kier alpha value is -2.15. The number of nitrogens with zero attached hydrogens (tertiary/aromatic N) is 2. The first-order valence-electron chi connectivity index (χ1n) is 4.90. The van der Waals surface area contributed by atoms with Gasteiger partial charge in [0.25, 0.3) is 5.56 Å². The summed E-state index contributed by atoms with van der Waals surface area (Å²) < 4.78 is 1.31. The number of aryl methyl sites for hydroxylation is 1. The molecule has 6 nitrogen and oxygen atoms in total. The third-order valence-electron chi connectivity index (χ3n) is 2.51. The molecule has 0 saturated carbocycles. The van der Waals surface area contributed by atoms with Gasteiger partial charge in [0.05, 0.1) is 4.88 Å². The summed E-state index contributed by atoms with van der Waals surface area (Å²) in [6, 6.07) is 3.80. The molecule has 0 amide bonds. The Morgan fingerprint density at radius 1 is 1.35 bits per heavy atom. The zero-order valence-corrected chi connectivity index (χ0v) is 9.67. The monoisotopic (exact) mass is 248 g/mol.